The summed E-state index contributed by atoms with van der Waals surface area (Å²) in [5.74, 6) is 10.4. The first-order valence-electron chi connectivity index (χ1n) is 6.91. The van der Waals surface area contributed by atoms with Crippen LogP contribution in [0, 0.1) is 80.5 Å². The Morgan fingerprint density at radius 2 is 1.54 bits per heavy atom. The molecule has 0 spiro atoms. The number of nitrogens with zero attached hydrogens (tertiary/aromatic N) is 7. The highest BCUT2D eigenvalue weighted by Crippen LogP contribution is 2.30. The maximum atomic E-state index is 9.36. The zero-order chi connectivity index (χ0) is 18.9. The van der Waals surface area contributed by atoms with Crippen molar-refractivity contribution >= 4 is 0 Å². The van der Waals surface area contributed by atoms with Gasteiger partial charge in [0, 0.05) is 18.0 Å². The molecular weight excluding hydrogens is 326 g/mol. The van der Waals surface area contributed by atoms with Crippen molar-refractivity contribution in [2.45, 2.75) is 6.04 Å². The maximum absolute atomic E-state index is 9.36. The van der Waals surface area contributed by atoms with Gasteiger partial charge in [0.15, 0.2) is 12.2 Å². The molecule has 0 fully saturated rings. The SMILES string of the molecule is N#CC1=C(C#N)N(C#N)C(C#N)C(C#N)=C1C#CC#Cc1ccncc1. The van der Waals surface area contributed by atoms with E-state index in [1.54, 1.807) is 55.0 Å². The van der Waals surface area contributed by atoms with Crippen molar-refractivity contribution < 1.29 is 0 Å². The van der Waals surface area contributed by atoms with Gasteiger partial charge in [0.05, 0.1) is 23.3 Å². The number of pyridine rings is 1. The first-order valence-corrected chi connectivity index (χ1v) is 6.91. The molecule has 2 rings (SSSR count). The number of nitriles is 5. The Kier molecular flexibility index (Phi) is 5.35. The van der Waals surface area contributed by atoms with Crippen LogP contribution >= 0.6 is 0 Å². The van der Waals surface area contributed by atoms with Crippen LogP contribution in [-0.4, -0.2) is 15.9 Å². The highest BCUT2D eigenvalue weighted by Gasteiger charge is 2.35. The van der Waals surface area contributed by atoms with E-state index in [9.17, 15) is 26.3 Å². The molecule has 0 bridgehead atoms. The fourth-order valence-electron chi connectivity index (χ4n) is 2.10. The molecular formula is C19H5N7. The van der Waals surface area contributed by atoms with Crippen LogP contribution in [0.4, 0.5) is 0 Å². The smallest absolute Gasteiger partial charge is 0.186 e. The Bertz CT molecular complexity index is 1150. The van der Waals surface area contributed by atoms with Crippen LogP contribution < -0.4 is 0 Å². The average Bonchev–Trinajstić information content (AvgIpc) is 2.69. The van der Waals surface area contributed by atoms with Crippen molar-refractivity contribution in [2.24, 2.45) is 0 Å². The molecule has 2 heterocycles. The summed E-state index contributed by atoms with van der Waals surface area (Å²) in [6.45, 7) is 0. The van der Waals surface area contributed by atoms with E-state index >= 15 is 0 Å². The monoisotopic (exact) mass is 331 g/mol. The second kappa shape index (κ2) is 8.02. The minimum absolute atomic E-state index is 0.0753. The Hall–Kier alpha value is -5.00. The van der Waals surface area contributed by atoms with Crippen molar-refractivity contribution in [3.8, 4) is 54.2 Å². The largest absolute Gasteiger partial charge is 0.265 e. The second-order valence-corrected chi connectivity index (χ2v) is 4.59. The lowest BCUT2D eigenvalue weighted by Crippen LogP contribution is -2.35. The zero-order valence-corrected chi connectivity index (χ0v) is 13.0. The van der Waals surface area contributed by atoms with Gasteiger partial charge in [-0.25, -0.2) is 4.90 Å². The first kappa shape index (κ1) is 17.4. The third-order valence-corrected chi connectivity index (χ3v) is 3.23. The molecule has 1 unspecified atom stereocenters. The molecule has 7 nitrogen and oxygen atoms in total. The lowest BCUT2D eigenvalue weighted by Gasteiger charge is -2.25. The van der Waals surface area contributed by atoms with Gasteiger partial charge in [-0.05, 0) is 24.0 Å². The Labute approximate surface area is 149 Å². The highest BCUT2D eigenvalue weighted by atomic mass is 15.2. The quantitative estimate of drug-likeness (QED) is 0.515. The molecule has 0 aromatic carbocycles. The van der Waals surface area contributed by atoms with Crippen molar-refractivity contribution in [2.75, 3.05) is 0 Å². The van der Waals surface area contributed by atoms with Gasteiger partial charge in [-0.1, -0.05) is 11.8 Å². The molecule has 0 N–H and O–H groups in total. The van der Waals surface area contributed by atoms with Crippen molar-refractivity contribution in [3.63, 3.8) is 0 Å². The van der Waals surface area contributed by atoms with Crippen LogP contribution in [0.5, 0.6) is 0 Å². The van der Waals surface area contributed by atoms with Gasteiger partial charge in [0.2, 0.25) is 0 Å². The summed E-state index contributed by atoms with van der Waals surface area (Å²) in [6.07, 6.45) is 4.79. The Balaban J connectivity index is 2.61. The van der Waals surface area contributed by atoms with Gasteiger partial charge >= 0.3 is 0 Å². The average molecular weight is 331 g/mol. The molecule has 116 valence electrons. The predicted molar refractivity (Wildman–Crippen MR) is 86.6 cm³/mol. The van der Waals surface area contributed by atoms with Crippen LogP contribution in [0.2, 0.25) is 0 Å². The lowest BCUT2D eigenvalue weighted by molar-refractivity contribution is 0.466. The fourth-order valence-corrected chi connectivity index (χ4v) is 2.10. The molecule has 1 aromatic rings. The van der Waals surface area contributed by atoms with E-state index in [0.717, 1.165) is 4.90 Å². The van der Waals surface area contributed by atoms with E-state index < -0.39 is 6.04 Å². The molecule has 1 aliphatic rings. The molecule has 1 aromatic heterocycles. The third-order valence-electron chi connectivity index (χ3n) is 3.23. The molecule has 1 aliphatic heterocycles. The fraction of sp³-hybridized carbons (Fsp3) is 0.0526. The third kappa shape index (κ3) is 3.18. The molecule has 0 aliphatic carbocycles. The van der Waals surface area contributed by atoms with E-state index in [0.29, 0.717) is 5.56 Å². The molecule has 0 saturated carbocycles. The Morgan fingerprint density at radius 3 is 2.08 bits per heavy atom. The number of aromatic nitrogens is 1. The van der Waals surface area contributed by atoms with E-state index in [1.165, 1.54) is 0 Å². The summed E-state index contributed by atoms with van der Waals surface area (Å²) in [5, 5.41) is 46.4. The van der Waals surface area contributed by atoms with Gasteiger partial charge in [-0.2, -0.15) is 26.3 Å². The summed E-state index contributed by atoms with van der Waals surface area (Å²) >= 11 is 0. The molecule has 0 saturated heterocycles. The summed E-state index contributed by atoms with van der Waals surface area (Å²) in [5.41, 5.74) is -0.148. The van der Waals surface area contributed by atoms with Gasteiger partial charge in [-0.3, -0.25) is 4.98 Å². The normalized spacial score (nSPS) is 14.9. The molecule has 0 amide bonds. The van der Waals surface area contributed by atoms with Crippen molar-refractivity contribution in [1.82, 2.24) is 9.88 Å². The van der Waals surface area contributed by atoms with Gasteiger partial charge in [0.1, 0.15) is 23.4 Å². The summed E-state index contributed by atoms with van der Waals surface area (Å²) in [7, 11) is 0. The minimum Gasteiger partial charge on any atom is -0.265 e. The highest BCUT2D eigenvalue weighted by molar-refractivity contribution is 5.67. The zero-order valence-electron chi connectivity index (χ0n) is 13.0. The number of hydrogen-bond acceptors (Lipinski definition) is 7. The molecule has 1 atom stereocenters. The standard InChI is InChI=1S/C19H5N7/c20-9-16-15(4-2-1-3-14-5-7-25-8-6-14)17(10-21)19(12-23)26(13-24)18(16)11-22/h5-8,18H. The minimum atomic E-state index is -1.32. The number of hydrogen-bond donors (Lipinski definition) is 0. The van der Waals surface area contributed by atoms with Crippen LogP contribution in [0.25, 0.3) is 0 Å². The summed E-state index contributed by atoms with van der Waals surface area (Å²) in [4.78, 5) is 4.59. The van der Waals surface area contributed by atoms with Crippen LogP contribution in [0.3, 0.4) is 0 Å². The van der Waals surface area contributed by atoms with Crippen LogP contribution in [-0.2, 0) is 0 Å². The summed E-state index contributed by atoms with van der Waals surface area (Å²) in [6, 6.07) is 9.10. The topological polar surface area (TPSA) is 135 Å². The Morgan fingerprint density at radius 1 is 0.846 bits per heavy atom. The van der Waals surface area contributed by atoms with Gasteiger partial charge < -0.3 is 0 Å². The van der Waals surface area contributed by atoms with Gasteiger partial charge in [-0.15, -0.1) is 0 Å². The second-order valence-electron chi connectivity index (χ2n) is 4.59. The van der Waals surface area contributed by atoms with Crippen LogP contribution in [0.15, 0.2) is 46.9 Å². The number of allylic oxidation sites excluding steroid dienone is 3. The van der Waals surface area contributed by atoms with Crippen LogP contribution in [0.1, 0.15) is 5.56 Å². The van der Waals surface area contributed by atoms with Crippen molar-refractivity contribution in [3.05, 3.63) is 52.5 Å². The van der Waals surface area contributed by atoms with E-state index in [1.807, 2.05) is 0 Å². The van der Waals surface area contributed by atoms with Gasteiger partial charge in [0.25, 0.3) is 0 Å². The number of rotatable bonds is 0. The van der Waals surface area contributed by atoms with E-state index in [-0.39, 0.29) is 22.4 Å². The maximum Gasteiger partial charge on any atom is 0.186 e. The molecule has 7 heteroatoms. The predicted octanol–water partition coefficient (Wildman–Crippen LogP) is 1.25. The van der Waals surface area contributed by atoms with Crippen molar-refractivity contribution in [1.29, 1.82) is 26.3 Å². The lowest BCUT2D eigenvalue weighted by atomic mass is 9.90. The summed E-state index contributed by atoms with van der Waals surface area (Å²) < 4.78 is 0. The molecule has 0 radical (unpaired) electrons. The first-order chi connectivity index (χ1) is 12.7. The molecule has 26 heavy (non-hydrogen) atoms. The van der Waals surface area contributed by atoms with E-state index in [4.69, 9.17) is 0 Å². The van der Waals surface area contributed by atoms with E-state index in [2.05, 4.69) is 28.7 Å².